The van der Waals surface area contributed by atoms with Crippen molar-refractivity contribution in [1.29, 1.82) is 5.26 Å². The number of hydrogen-bond acceptors (Lipinski definition) is 6. The number of rotatable bonds is 6. The highest BCUT2D eigenvalue weighted by atomic mass is 16.5. The number of benzene rings is 2. The molecule has 0 unspecified atom stereocenters. The Morgan fingerprint density at radius 1 is 1.22 bits per heavy atom. The summed E-state index contributed by atoms with van der Waals surface area (Å²) in [5.41, 5.74) is 1.64. The van der Waals surface area contributed by atoms with Gasteiger partial charge in [-0.15, -0.1) is 0 Å². The Morgan fingerprint density at radius 3 is 2.63 bits per heavy atom. The first-order chi connectivity index (χ1) is 13.1. The van der Waals surface area contributed by atoms with E-state index in [2.05, 4.69) is 9.97 Å². The molecule has 1 heterocycles. The van der Waals surface area contributed by atoms with E-state index in [1.165, 1.54) is 0 Å². The fourth-order valence-corrected chi connectivity index (χ4v) is 2.47. The maximum absolute atomic E-state index is 12.1. The summed E-state index contributed by atoms with van der Waals surface area (Å²) in [5, 5.41) is 19.6. The first-order valence-electron chi connectivity index (χ1n) is 8.29. The monoisotopic (exact) mass is 363 g/mol. The minimum Gasteiger partial charge on any atom is -0.507 e. The molecule has 0 radical (unpaired) electrons. The zero-order valence-corrected chi connectivity index (χ0v) is 14.6. The number of carbonyl (C=O) groups is 1. The van der Waals surface area contributed by atoms with Crippen LogP contribution in [0.2, 0.25) is 0 Å². The van der Waals surface area contributed by atoms with E-state index in [9.17, 15) is 15.2 Å². The summed E-state index contributed by atoms with van der Waals surface area (Å²) in [6.45, 7) is 1.96. The number of allylic oxidation sites excluding steroid dienone is 1. The van der Waals surface area contributed by atoms with Gasteiger partial charge in [-0.25, -0.2) is 9.78 Å². The standard InChI is InChI=1S/C20H17N3O4/c1-2-26-14-9-7-13(8-10-14)20(25)27-12-18(24)15(11-21)19-22-16-5-3-4-6-17(16)23-19/h3-10,24H,2,12H2,1H3,(H,22,23). The highest BCUT2D eigenvalue weighted by Gasteiger charge is 2.15. The molecular formula is C20H17N3O4. The van der Waals surface area contributed by atoms with Gasteiger partial charge in [-0.3, -0.25) is 0 Å². The van der Waals surface area contributed by atoms with Gasteiger partial charge in [-0.1, -0.05) is 12.1 Å². The van der Waals surface area contributed by atoms with Crippen molar-refractivity contribution in [3.8, 4) is 11.8 Å². The number of ether oxygens (including phenoxy) is 2. The zero-order valence-electron chi connectivity index (χ0n) is 14.6. The Bertz CT molecular complexity index is 996. The van der Waals surface area contributed by atoms with E-state index < -0.39 is 12.6 Å². The maximum Gasteiger partial charge on any atom is 0.338 e. The molecule has 27 heavy (non-hydrogen) atoms. The lowest BCUT2D eigenvalue weighted by molar-refractivity contribution is 0.0502. The van der Waals surface area contributed by atoms with E-state index in [1.54, 1.807) is 30.3 Å². The summed E-state index contributed by atoms with van der Waals surface area (Å²) >= 11 is 0. The lowest BCUT2D eigenvalue weighted by atomic mass is 10.2. The van der Waals surface area contributed by atoms with E-state index in [4.69, 9.17) is 9.47 Å². The van der Waals surface area contributed by atoms with E-state index >= 15 is 0 Å². The second-order valence-corrected chi connectivity index (χ2v) is 5.57. The molecule has 7 nitrogen and oxygen atoms in total. The van der Waals surface area contributed by atoms with Crippen LogP contribution in [0.4, 0.5) is 0 Å². The molecule has 0 fully saturated rings. The molecule has 0 atom stereocenters. The number of imidazole rings is 1. The summed E-state index contributed by atoms with van der Waals surface area (Å²) in [6, 6.07) is 15.6. The maximum atomic E-state index is 12.1. The van der Waals surface area contributed by atoms with Crippen molar-refractivity contribution in [2.75, 3.05) is 13.2 Å². The van der Waals surface area contributed by atoms with Crippen LogP contribution in [0.1, 0.15) is 23.1 Å². The molecule has 0 aliphatic heterocycles. The van der Waals surface area contributed by atoms with Crippen molar-refractivity contribution in [2.45, 2.75) is 6.92 Å². The number of aliphatic hydroxyl groups excluding tert-OH is 1. The molecule has 136 valence electrons. The third kappa shape index (κ3) is 4.07. The summed E-state index contributed by atoms with van der Waals surface area (Å²) in [7, 11) is 0. The molecule has 2 N–H and O–H groups in total. The Hall–Kier alpha value is -3.79. The summed E-state index contributed by atoms with van der Waals surface area (Å²) in [6.07, 6.45) is 0. The topological polar surface area (TPSA) is 108 Å². The number of aliphatic hydroxyl groups is 1. The highest BCUT2D eigenvalue weighted by molar-refractivity contribution is 5.90. The predicted octanol–water partition coefficient (Wildman–Crippen LogP) is 3.61. The number of nitrogens with one attached hydrogen (secondary N) is 1. The Balaban J connectivity index is 1.73. The molecule has 0 amide bonds. The molecule has 1 aromatic heterocycles. The first-order valence-corrected chi connectivity index (χ1v) is 8.29. The second kappa shape index (κ2) is 8.06. The van der Waals surface area contributed by atoms with Crippen LogP contribution < -0.4 is 4.74 Å². The van der Waals surface area contributed by atoms with Gasteiger partial charge in [0.05, 0.1) is 23.2 Å². The van der Waals surface area contributed by atoms with Crippen LogP contribution in [0, 0.1) is 11.3 Å². The van der Waals surface area contributed by atoms with E-state index in [1.807, 2.05) is 31.2 Å². The molecule has 0 saturated carbocycles. The lowest BCUT2D eigenvalue weighted by Gasteiger charge is -2.07. The normalized spacial score (nSPS) is 11.6. The summed E-state index contributed by atoms with van der Waals surface area (Å²) in [5.74, 6) is -0.135. The molecule has 0 spiro atoms. The number of hydrogen-bond donors (Lipinski definition) is 2. The lowest BCUT2D eigenvalue weighted by Crippen LogP contribution is -2.09. The van der Waals surface area contributed by atoms with Crippen LogP contribution in [0.25, 0.3) is 16.6 Å². The van der Waals surface area contributed by atoms with Crippen LogP contribution >= 0.6 is 0 Å². The van der Waals surface area contributed by atoms with Gasteiger partial charge in [0.15, 0.2) is 11.6 Å². The molecule has 0 saturated heterocycles. The fourth-order valence-electron chi connectivity index (χ4n) is 2.47. The van der Waals surface area contributed by atoms with Crippen molar-refractivity contribution in [2.24, 2.45) is 0 Å². The average Bonchev–Trinajstić information content (AvgIpc) is 3.11. The molecule has 0 bridgehead atoms. The third-order valence-corrected chi connectivity index (χ3v) is 3.77. The Morgan fingerprint density at radius 2 is 1.96 bits per heavy atom. The van der Waals surface area contributed by atoms with Crippen molar-refractivity contribution < 1.29 is 19.4 Å². The SMILES string of the molecule is CCOc1ccc(C(=O)OCC(O)=C(C#N)c2nc3ccccc3[nH]2)cc1. The number of para-hydroxylation sites is 2. The van der Waals surface area contributed by atoms with E-state index in [0.717, 1.165) is 5.52 Å². The van der Waals surface area contributed by atoms with Crippen molar-refractivity contribution >= 4 is 22.6 Å². The highest BCUT2D eigenvalue weighted by Crippen LogP contribution is 2.19. The average molecular weight is 363 g/mol. The minimum atomic E-state index is -0.619. The van der Waals surface area contributed by atoms with Crippen molar-refractivity contribution in [3.63, 3.8) is 0 Å². The molecule has 0 aliphatic carbocycles. The van der Waals surface area contributed by atoms with Gasteiger partial charge in [0.1, 0.15) is 24.0 Å². The van der Waals surface area contributed by atoms with Gasteiger partial charge in [0, 0.05) is 0 Å². The number of nitriles is 1. The fraction of sp³-hybridized carbons (Fsp3) is 0.150. The number of aromatic nitrogens is 2. The second-order valence-electron chi connectivity index (χ2n) is 5.57. The van der Waals surface area contributed by atoms with Crippen LogP contribution in [0.3, 0.4) is 0 Å². The molecule has 3 rings (SSSR count). The number of nitrogens with zero attached hydrogens (tertiary/aromatic N) is 2. The van der Waals surface area contributed by atoms with Gasteiger partial charge in [-0.2, -0.15) is 5.26 Å². The molecule has 7 heteroatoms. The smallest absolute Gasteiger partial charge is 0.338 e. The third-order valence-electron chi connectivity index (χ3n) is 3.77. The Labute approximate surface area is 155 Å². The van der Waals surface area contributed by atoms with Crippen LogP contribution in [0.15, 0.2) is 54.3 Å². The minimum absolute atomic E-state index is 0.0781. The largest absolute Gasteiger partial charge is 0.507 e. The van der Waals surface area contributed by atoms with Crippen molar-refractivity contribution in [3.05, 3.63) is 65.7 Å². The summed E-state index contributed by atoms with van der Waals surface area (Å²) in [4.78, 5) is 19.3. The van der Waals surface area contributed by atoms with Gasteiger partial charge in [-0.05, 0) is 43.3 Å². The zero-order chi connectivity index (χ0) is 19.2. The van der Waals surface area contributed by atoms with Gasteiger partial charge in [0.2, 0.25) is 0 Å². The predicted molar refractivity (Wildman–Crippen MR) is 99.1 cm³/mol. The van der Waals surface area contributed by atoms with Crippen LogP contribution in [-0.4, -0.2) is 34.3 Å². The van der Waals surface area contributed by atoms with Crippen molar-refractivity contribution in [1.82, 2.24) is 9.97 Å². The van der Waals surface area contributed by atoms with Gasteiger partial charge in [0.25, 0.3) is 0 Å². The number of H-pyrrole nitrogens is 1. The molecular weight excluding hydrogens is 346 g/mol. The molecule has 0 aliphatic rings. The Kier molecular flexibility index (Phi) is 5.38. The summed E-state index contributed by atoms with van der Waals surface area (Å²) < 4.78 is 10.4. The van der Waals surface area contributed by atoms with Gasteiger partial charge < -0.3 is 19.6 Å². The molecule has 3 aromatic rings. The molecule has 2 aromatic carbocycles. The van der Waals surface area contributed by atoms with Crippen LogP contribution in [0.5, 0.6) is 5.75 Å². The number of esters is 1. The number of aromatic amines is 1. The number of fused-ring (bicyclic) bond motifs is 1. The quantitative estimate of drug-likeness (QED) is 0.393. The number of carbonyl (C=O) groups excluding carboxylic acids is 1. The van der Waals surface area contributed by atoms with Crippen LogP contribution in [-0.2, 0) is 4.74 Å². The van der Waals surface area contributed by atoms with E-state index in [0.29, 0.717) is 23.4 Å². The first kappa shape index (κ1) is 18.0. The van der Waals surface area contributed by atoms with E-state index in [-0.39, 0.29) is 17.2 Å². The van der Waals surface area contributed by atoms with Gasteiger partial charge >= 0.3 is 5.97 Å².